The van der Waals surface area contributed by atoms with Crippen LogP contribution in [0.5, 0.6) is 0 Å². The van der Waals surface area contributed by atoms with Gasteiger partial charge in [-0.2, -0.15) is 0 Å². The van der Waals surface area contributed by atoms with Gasteiger partial charge in [0, 0.05) is 17.8 Å². The number of nitrogens with zero attached hydrogens (tertiary/aromatic N) is 1. The molecule has 1 saturated carbocycles. The van der Waals surface area contributed by atoms with E-state index in [1.54, 1.807) is 30.5 Å². The van der Waals surface area contributed by atoms with E-state index >= 15 is 0 Å². The van der Waals surface area contributed by atoms with Crippen molar-refractivity contribution in [3.8, 4) is 0 Å². The first-order valence-electron chi connectivity index (χ1n) is 10.7. The lowest BCUT2D eigenvalue weighted by molar-refractivity contribution is 0.0269. The van der Waals surface area contributed by atoms with Crippen LogP contribution in [-0.4, -0.2) is 17.1 Å². The topological polar surface area (TPSA) is 72.4 Å². The van der Waals surface area contributed by atoms with E-state index in [4.69, 9.17) is 4.84 Å². The number of benzene rings is 1. The molecule has 6 nitrogen and oxygen atoms in total. The van der Waals surface area contributed by atoms with E-state index in [-0.39, 0.29) is 11.2 Å². The summed E-state index contributed by atoms with van der Waals surface area (Å²) in [6.07, 6.45) is 3.64. The fourth-order valence-corrected chi connectivity index (χ4v) is 3.62. The minimum Gasteiger partial charge on any atom is -0.352 e. The van der Waals surface area contributed by atoms with Crippen LogP contribution in [0.2, 0.25) is 0 Å². The number of hydrogen-bond donors (Lipinski definition) is 2. The Morgan fingerprint density at radius 1 is 1.27 bits per heavy atom. The molecule has 0 spiro atoms. The molecule has 0 saturated heterocycles. The first kappa shape index (κ1) is 22.0. The zero-order valence-electron chi connectivity index (χ0n) is 18.1. The van der Waals surface area contributed by atoms with Gasteiger partial charge in [0.1, 0.15) is 5.82 Å². The third-order valence-electron chi connectivity index (χ3n) is 5.39. The van der Waals surface area contributed by atoms with Gasteiger partial charge in [-0.3, -0.25) is 14.4 Å². The Hall–Kier alpha value is -2.67. The average molecular weight is 416 g/mol. The molecule has 0 radical (unpaired) electrons. The van der Waals surface area contributed by atoms with Crippen LogP contribution < -0.4 is 16.4 Å². The van der Waals surface area contributed by atoms with Crippen LogP contribution in [0.1, 0.15) is 60.3 Å². The van der Waals surface area contributed by atoms with Crippen molar-refractivity contribution < 1.29 is 14.0 Å². The SMILES string of the molecule is CC.Cc1ccc(Nc2c(C(=O)NOCC3CC3)c3n(c(=O)c2C)CCC3)c(F)c1. The number of pyridine rings is 1. The maximum atomic E-state index is 14.4. The molecule has 0 unspecified atom stereocenters. The smallest absolute Gasteiger partial charge is 0.278 e. The highest BCUT2D eigenvalue weighted by molar-refractivity contribution is 6.01. The predicted octanol–water partition coefficient (Wildman–Crippen LogP) is 4.39. The summed E-state index contributed by atoms with van der Waals surface area (Å²) in [5.41, 5.74) is 5.12. The molecule has 4 rings (SSSR count). The minimum absolute atomic E-state index is 0.155. The van der Waals surface area contributed by atoms with Crippen molar-refractivity contribution >= 4 is 17.3 Å². The van der Waals surface area contributed by atoms with Crippen LogP contribution in [0, 0.1) is 25.6 Å². The summed E-state index contributed by atoms with van der Waals surface area (Å²) < 4.78 is 16.0. The number of anilines is 2. The maximum Gasteiger partial charge on any atom is 0.278 e. The Kier molecular flexibility index (Phi) is 6.92. The molecule has 162 valence electrons. The Labute approximate surface area is 176 Å². The minimum atomic E-state index is -0.434. The summed E-state index contributed by atoms with van der Waals surface area (Å²) >= 11 is 0. The van der Waals surface area contributed by atoms with E-state index in [0.717, 1.165) is 24.8 Å². The van der Waals surface area contributed by atoms with Gasteiger partial charge in [-0.1, -0.05) is 19.9 Å². The number of carbonyl (C=O) groups is 1. The van der Waals surface area contributed by atoms with E-state index in [1.807, 2.05) is 13.8 Å². The van der Waals surface area contributed by atoms with Crippen molar-refractivity contribution in [3.63, 3.8) is 0 Å². The third-order valence-corrected chi connectivity index (χ3v) is 5.39. The predicted molar refractivity (Wildman–Crippen MR) is 116 cm³/mol. The molecule has 2 heterocycles. The number of hydroxylamine groups is 1. The summed E-state index contributed by atoms with van der Waals surface area (Å²) in [6.45, 7) is 8.52. The molecule has 1 aliphatic heterocycles. The first-order valence-corrected chi connectivity index (χ1v) is 10.7. The highest BCUT2D eigenvalue weighted by Gasteiger charge is 2.28. The molecule has 0 bridgehead atoms. The zero-order valence-corrected chi connectivity index (χ0v) is 18.1. The molecule has 1 aromatic carbocycles. The number of carbonyl (C=O) groups excluding carboxylic acids is 1. The molecule has 2 aliphatic rings. The molecule has 0 atom stereocenters. The molecular weight excluding hydrogens is 385 g/mol. The van der Waals surface area contributed by atoms with Crippen LogP contribution >= 0.6 is 0 Å². The number of halogens is 1. The van der Waals surface area contributed by atoms with Gasteiger partial charge in [0.2, 0.25) is 0 Å². The summed E-state index contributed by atoms with van der Waals surface area (Å²) in [5.74, 6) is -0.342. The van der Waals surface area contributed by atoms with Crippen molar-refractivity contribution in [3.05, 3.63) is 56.8 Å². The van der Waals surface area contributed by atoms with E-state index in [0.29, 0.717) is 48.0 Å². The largest absolute Gasteiger partial charge is 0.352 e. The summed E-state index contributed by atoms with van der Waals surface area (Å²) in [4.78, 5) is 31.1. The van der Waals surface area contributed by atoms with Gasteiger partial charge in [-0.05, 0) is 63.1 Å². The fourth-order valence-electron chi connectivity index (χ4n) is 3.62. The van der Waals surface area contributed by atoms with Crippen LogP contribution in [-0.2, 0) is 17.8 Å². The Morgan fingerprint density at radius 3 is 2.67 bits per heavy atom. The molecular formula is C23H30FN3O3. The summed E-state index contributed by atoms with van der Waals surface area (Å²) in [6, 6.07) is 4.80. The Bertz CT molecular complexity index is 996. The van der Waals surface area contributed by atoms with E-state index in [1.165, 1.54) is 6.07 Å². The molecule has 2 N–H and O–H groups in total. The van der Waals surface area contributed by atoms with Gasteiger partial charge in [0.05, 0.1) is 23.5 Å². The Balaban J connectivity index is 0.00000124. The second-order valence-corrected chi connectivity index (χ2v) is 7.68. The van der Waals surface area contributed by atoms with Crippen LogP contribution in [0.25, 0.3) is 0 Å². The van der Waals surface area contributed by atoms with Crippen molar-refractivity contribution in [2.24, 2.45) is 5.92 Å². The molecule has 1 amide bonds. The highest BCUT2D eigenvalue weighted by atomic mass is 19.1. The fraction of sp³-hybridized carbons (Fsp3) is 0.478. The summed E-state index contributed by atoms with van der Waals surface area (Å²) in [7, 11) is 0. The van der Waals surface area contributed by atoms with Gasteiger partial charge in [0.15, 0.2) is 0 Å². The lowest BCUT2D eigenvalue weighted by Crippen LogP contribution is -2.32. The number of amides is 1. The van der Waals surface area contributed by atoms with Gasteiger partial charge in [0.25, 0.3) is 11.5 Å². The van der Waals surface area contributed by atoms with E-state index < -0.39 is 11.7 Å². The molecule has 30 heavy (non-hydrogen) atoms. The molecule has 2 aromatic rings. The number of aromatic nitrogens is 1. The lowest BCUT2D eigenvalue weighted by atomic mass is 10.0. The number of hydrogen-bond acceptors (Lipinski definition) is 4. The van der Waals surface area contributed by atoms with Crippen LogP contribution in [0.3, 0.4) is 0 Å². The zero-order chi connectivity index (χ0) is 21.8. The quantitative estimate of drug-likeness (QED) is 0.687. The number of aryl methyl sites for hydroxylation is 1. The maximum absolute atomic E-state index is 14.4. The molecule has 1 aliphatic carbocycles. The number of nitrogens with one attached hydrogen (secondary N) is 2. The van der Waals surface area contributed by atoms with Gasteiger partial charge in [-0.25, -0.2) is 9.87 Å². The monoisotopic (exact) mass is 415 g/mol. The number of rotatable bonds is 6. The van der Waals surface area contributed by atoms with Gasteiger partial charge >= 0.3 is 0 Å². The third kappa shape index (κ3) is 4.56. The van der Waals surface area contributed by atoms with Gasteiger partial charge < -0.3 is 9.88 Å². The Morgan fingerprint density at radius 2 is 2.00 bits per heavy atom. The highest BCUT2D eigenvalue weighted by Crippen LogP contribution is 2.31. The normalized spacial score (nSPS) is 14.6. The van der Waals surface area contributed by atoms with Crippen molar-refractivity contribution in [2.75, 3.05) is 11.9 Å². The number of fused-ring (bicyclic) bond motifs is 1. The summed E-state index contributed by atoms with van der Waals surface area (Å²) in [5, 5.41) is 2.99. The second-order valence-electron chi connectivity index (χ2n) is 7.68. The van der Waals surface area contributed by atoms with Crippen molar-refractivity contribution in [1.29, 1.82) is 0 Å². The molecule has 1 fully saturated rings. The molecule has 7 heteroatoms. The standard InChI is InChI=1S/C21H24FN3O3.C2H6/c1-12-5-8-16(15(22)10-12)23-19-13(2)21(27)25-9-3-4-17(25)18(19)20(26)24-28-11-14-6-7-14;1-2/h5,8,10,14,23H,3-4,6-7,9,11H2,1-2H3,(H,24,26);1-2H3. The van der Waals surface area contributed by atoms with Crippen molar-refractivity contribution in [2.45, 2.75) is 59.9 Å². The van der Waals surface area contributed by atoms with E-state index in [9.17, 15) is 14.0 Å². The van der Waals surface area contributed by atoms with Gasteiger partial charge in [-0.15, -0.1) is 0 Å². The first-order chi connectivity index (χ1) is 14.5. The van der Waals surface area contributed by atoms with E-state index in [2.05, 4.69) is 10.8 Å². The molecule has 1 aromatic heterocycles. The van der Waals surface area contributed by atoms with Crippen LogP contribution in [0.15, 0.2) is 23.0 Å². The second kappa shape index (κ2) is 9.43. The average Bonchev–Trinajstić information content (AvgIpc) is 3.43. The lowest BCUT2D eigenvalue weighted by Gasteiger charge is -2.19. The van der Waals surface area contributed by atoms with Crippen LogP contribution in [0.4, 0.5) is 15.8 Å². The van der Waals surface area contributed by atoms with Crippen molar-refractivity contribution in [1.82, 2.24) is 10.0 Å².